The Balaban J connectivity index is 2.28. The first-order valence-corrected chi connectivity index (χ1v) is 7.48. The lowest BCUT2D eigenvalue weighted by atomic mass is 9.88. The molecule has 1 saturated carbocycles. The van der Waals surface area contributed by atoms with Crippen molar-refractivity contribution in [3.63, 3.8) is 0 Å². The summed E-state index contributed by atoms with van der Waals surface area (Å²) in [6.07, 6.45) is 6.97. The number of nitrogens with one attached hydrogen (secondary N) is 1. The number of aryl methyl sites for hydroxylation is 1. The molecule has 4 heteroatoms. The van der Waals surface area contributed by atoms with Gasteiger partial charge in [-0.05, 0) is 31.2 Å². The zero-order valence-electron chi connectivity index (χ0n) is 12.6. The Hall–Kier alpha value is -1.03. The molecule has 3 unspecified atom stereocenters. The van der Waals surface area contributed by atoms with Crippen molar-refractivity contribution in [1.29, 1.82) is 0 Å². The van der Waals surface area contributed by atoms with Gasteiger partial charge >= 0.3 is 0 Å². The molecule has 19 heavy (non-hydrogen) atoms. The van der Waals surface area contributed by atoms with E-state index in [4.69, 9.17) is 4.74 Å². The summed E-state index contributed by atoms with van der Waals surface area (Å²) in [5.41, 5.74) is 1.20. The Morgan fingerprint density at radius 1 is 1.53 bits per heavy atom. The van der Waals surface area contributed by atoms with Crippen LogP contribution < -0.4 is 10.1 Å². The predicted molar refractivity (Wildman–Crippen MR) is 77.3 cm³/mol. The van der Waals surface area contributed by atoms with Gasteiger partial charge in [-0.2, -0.15) is 5.10 Å². The van der Waals surface area contributed by atoms with Gasteiger partial charge in [0, 0.05) is 7.05 Å². The standard InChI is InChI=1S/C15H27N3O/c1-5-9-16-14(12-8-6-7-11(12)2)15-13(19-4)10-17-18(15)3/h10-12,14,16H,5-9H2,1-4H3. The molecule has 1 heterocycles. The molecule has 1 N–H and O–H groups in total. The maximum atomic E-state index is 5.50. The summed E-state index contributed by atoms with van der Waals surface area (Å²) in [5, 5.41) is 8.08. The SMILES string of the molecule is CCCNC(c1c(OC)cnn1C)C1CCCC1C. The number of hydrogen-bond acceptors (Lipinski definition) is 3. The summed E-state index contributed by atoms with van der Waals surface area (Å²) < 4.78 is 7.47. The van der Waals surface area contributed by atoms with Crippen molar-refractivity contribution < 1.29 is 4.74 Å². The zero-order valence-corrected chi connectivity index (χ0v) is 12.6. The highest BCUT2D eigenvalue weighted by Crippen LogP contribution is 2.42. The van der Waals surface area contributed by atoms with Crippen LogP contribution in [-0.4, -0.2) is 23.4 Å². The molecule has 1 aliphatic rings. The van der Waals surface area contributed by atoms with E-state index in [-0.39, 0.29) is 0 Å². The number of aromatic nitrogens is 2. The van der Waals surface area contributed by atoms with Gasteiger partial charge < -0.3 is 10.1 Å². The molecular weight excluding hydrogens is 238 g/mol. The Morgan fingerprint density at radius 2 is 2.32 bits per heavy atom. The molecule has 0 aromatic carbocycles. The average molecular weight is 265 g/mol. The van der Waals surface area contributed by atoms with Gasteiger partial charge in [-0.3, -0.25) is 4.68 Å². The number of ether oxygens (including phenoxy) is 1. The fraction of sp³-hybridized carbons (Fsp3) is 0.800. The van der Waals surface area contributed by atoms with E-state index in [0.29, 0.717) is 12.0 Å². The van der Waals surface area contributed by atoms with Crippen LogP contribution in [0, 0.1) is 11.8 Å². The lowest BCUT2D eigenvalue weighted by Gasteiger charge is -2.28. The first-order valence-electron chi connectivity index (χ1n) is 7.48. The summed E-state index contributed by atoms with van der Waals surface area (Å²) in [7, 11) is 3.74. The van der Waals surface area contributed by atoms with Crippen molar-refractivity contribution in [2.24, 2.45) is 18.9 Å². The van der Waals surface area contributed by atoms with E-state index in [0.717, 1.165) is 24.6 Å². The van der Waals surface area contributed by atoms with Crippen molar-refractivity contribution in [2.45, 2.75) is 45.6 Å². The van der Waals surface area contributed by atoms with Gasteiger partial charge in [0.1, 0.15) is 0 Å². The first-order chi connectivity index (χ1) is 9.19. The second kappa shape index (κ2) is 6.42. The molecule has 1 aliphatic carbocycles. The molecule has 1 fully saturated rings. The molecule has 0 spiro atoms. The van der Waals surface area contributed by atoms with Gasteiger partial charge in [-0.25, -0.2) is 0 Å². The van der Waals surface area contributed by atoms with Crippen molar-refractivity contribution in [1.82, 2.24) is 15.1 Å². The molecule has 1 aromatic rings. The zero-order chi connectivity index (χ0) is 13.8. The topological polar surface area (TPSA) is 39.1 Å². The highest BCUT2D eigenvalue weighted by molar-refractivity contribution is 5.29. The van der Waals surface area contributed by atoms with Crippen LogP contribution in [0.2, 0.25) is 0 Å². The minimum atomic E-state index is 0.361. The largest absolute Gasteiger partial charge is 0.493 e. The Labute approximate surface area is 116 Å². The van der Waals surface area contributed by atoms with E-state index in [1.165, 1.54) is 25.0 Å². The molecule has 0 aliphatic heterocycles. The maximum Gasteiger partial charge on any atom is 0.161 e. The predicted octanol–water partition coefficient (Wildman–Crippen LogP) is 2.91. The smallest absolute Gasteiger partial charge is 0.161 e. The summed E-state index contributed by atoms with van der Waals surface area (Å²) in [6.45, 7) is 5.63. The summed E-state index contributed by atoms with van der Waals surface area (Å²) in [5.74, 6) is 2.38. The van der Waals surface area contributed by atoms with E-state index < -0.39 is 0 Å². The number of hydrogen-bond donors (Lipinski definition) is 1. The van der Waals surface area contributed by atoms with Crippen LogP contribution in [0.3, 0.4) is 0 Å². The Morgan fingerprint density at radius 3 is 2.89 bits per heavy atom. The van der Waals surface area contributed by atoms with Gasteiger partial charge in [0.05, 0.1) is 25.0 Å². The monoisotopic (exact) mass is 265 g/mol. The van der Waals surface area contributed by atoms with Gasteiger partial charge in [-0.1, -0.05) is 26.7 Å². The molecule has 3 atom stereocenters. The van der Waals surface area contributed by atoms with Gasteiger partial charge in [0.15, 0.2) is 5.75 Å². The van der Waals surface area contributed by atoms with Gasteiger partial charge in [0.25, 0.3) is 0 Å². The van der Waals surface area contributed by atoms with Crippen molar-refractivity contribution >= 4 is 0 Å². The molecule has 0 radical (unpaired) electrons. The molecule has 0 bridgehead atoms. The van der Waals surface area contributed by atoms with Crippen LogP contribution in [0.15, 0.2) is 6.20 Å². The van der Waals surface area contributed by atoms with Crippen LogP contribution in [0.4, 0.5) is 0 Å². The lowest BCUT2D eigenvalue weighted by molar-refractivity contribution is 0.281. The van der Waals surface area contributed by atoms with Crippen LogP contribution in [0.5, 0.6) is 5.75 Å². The third kappa shape index (κ3) is 2.94. The molecule has 0 saturated heterocycles. The molecule has 1 aromatic heterocycles. The van der Waals surface area contributed by atoms with E-state index in [1.54, 1.807) is 7.11 Å². The van der Waals surface area contributed by atoms with E-state index >= 15 is 0 Å². The molecule has 108 valence electrons. The Kier molecular flexibility index (Phi) is 4.86. The second-order valence-electron chi connectivity index (χ2n) is 5.73. The second-order valence-corrected chi connectivity index (χ2v) is 5.73. The van der Waals surface area contributed by atoms with Crippen LogP contribution in [0.25, 0.3) is 0 Å². The van der Waals surface area contributed by atoms with Crippen molar-refractivity contribution in [2.75, 3.05) is 13.7 Å². The first kappa shape index (κ1) is 14.4. The third-order valence-electron chi connectivity index (χ3n) is 4.43. The van der Waals surface area contributed by atoms with E-state index in [9.17, 15) is 0 Å². The minimum absolute atomic E-state index is 0.361. The number of nitrogens with zero attached hydrogens (tertiary/aromatic N) is 2. The average Bonchev–Trinajstić information content (AvgIpc) is 2.98. The molecule has 0 amide bonds. The summed E-state index contributed by atoms with van der Waals surface area (Å²) >= 11 is 0. The fourth-order valence-electron chi connectivity index (χ4n) is 3.36. The highest BCUT2D eigenvalue weighted by atomic mass is 16.5. The van der Waals surface area contributed by atoms with Crippen LogP contribution >= 0.6 is 0 Å². The summed E-state index contributed by atoms with van der Waals surface area (Å²) in [6, 6.07) is 0.361. The lowest BCUT2D eigenvalue weighted by Crippen LogP contribution is -2.32. The van der Waals surface area contributed by atoms with Gasteiger partial charge in [-0.15, -0.1) is 0 Å². The molecule has 4 nitrogen and oxygen atoms in total. The van der Waals surface area contributed by atoms with E-state index in [1.807, 2.05) is 17.9 Å². The maximum absolute atomic E-state index is 5.50. The molecular formula is C15H27N3O. The number of rotatable bonds is 6. The quantitative estimate of drug-likeness (QED) is 0.859. The normalized spacial score (nSPS) is 24.6. The van der Waals surface area contributed by atoms with Crippen molar-refractivity contribution in [3.05, 3.63) is 11.9 Å². The Bertz CT molecular complexity index is 402. The molecule has 2 rings (SSSR count). The van der Waals surface area contributed by atoms with E-state index in [2.05, 4.69) is 24.3 Å². The number of methoxy groups -OCH3 is 1. The van der Waals surface area contributed by atoms with Crippen molar-refractivity contribution in [3.8, 4) is 5.75 Å². The highest BCUT2D eigenvalue weighted by Gasteiger charge is 2.34. The van der Waals surface area contributed by atoms with Crippen LogP contribution in [-0.2, 0) is 7.05 Å². The van der Waals surface area contributed by atoms with Gasteiger partial charge in [0.2, 0.25) is 0 Å². The fourth-order valence-corrected chi connectivity index (χ4v) is 3.36. The third-order valence-corrected chi connectivity index (χ3v) is 4.43. The minimum Gasteiger partial charge on any atom is -0.493 e. The van der Waals surface area contributed by atoms with Crippen LogP contribution in [0.1, 0.15) is 51.3 Å². The summed E-state index contributed by atoms with van der Waals surface area (Å²) in [4.78, 5) is 0.